The highest BCUT2D eigenvalue weighted by atomic mass is 28.4. The summed E-state index contributed by atoms with van der Waals surface area (Å²) in [5.74, 6) is -0.206. The van der Waals surface area contributed by atoms with Crippen molar-refractivity contribution >= 4 is 24.1 Å². The Hall–Kier alpha value is -0.336. The highest BCUT2D eigenvalue weighted by molar-refractivity contribution is 6.60. The van der Waals surface area contributed by atoms with Gasteiger partial charge in [-0.15, -0.1) is 0 Å². The third-order valence-corrected chi connectivity index (χ3v) is 8.61. The first kappa shape index (κ1) is 25.7. The van der Waals surface area contributed by atoms with Crippen LogP contribution in [0.5, 0.6) is 0 Å². The van der Waals surface area contributed by atoms with Gasteiger partial charge in [0.15, 0.2) is 0 Å². The van der Waals surface area contributed by atoms with Crippen LogP contribution in [0.3, 0.4) is 0 Å². The zero-order chi connectivity index (χ0) is 20.1. The fraction of sp³-hybridized carbons (Fsp3) is 0.938. The maximum Gasteiger partial charge on any atom is 0.500 e. The molecule has 0 amide bonds. The van der Waals surface area contributed by atoms with Crippen molar-refractivity contribution in [2.75, 3.05) is 55.2 Å². The van der Waals surface area contributed by atoms with Crippen molar-refractivity contribution in [1.82, 2.24) is 5.32 Å². The molecule has 0 aromatic heterocycles. The molecule has 0 heterocycles. The molecule has 0 aliphatic heterocycles. The van der Waals surface area contributed by atoms with Gasteiger partial charge in [-0.05, 0) is 39.3 Å². The van der Waals surface area contributed by atoms with Crippen molar-refractivity contribution in [3.05, 3.63) is 0 Å². The van der Waals surface area contributed by atoms with E-state index in [2.05, 4.69) is 5.32 Å². The van der Waals surface area contributed by atoms with Crippen LogP contribution in [0.4, 0.5) is 0 Å². The first-order valence-corrected chi connectivity index (χ1v) is 12.2. The summed E-state index contributed by atoms with van der Waals surface area (Å²) in [4.78, 5) is 12.2. The summed E-state index contributed by atoms with van der Waals surface area (Å²) >= 11 is 0. The summed E-state index contributed by atoms with van der Waals surface area (Å²) < 4.78 is 31.9. The Labute approximate surface area is 161 Å². The van der Waals surface area contributed by atoms with Gasteiger partial charge in [-0.3, -0.25) is 4.79 Å². The van der Waals surface area contributed by atoms with Gasteiger partial charge in [0, 0.05) is 48.1 Å². The normalized spacial score (nSPS) is 12.6. The number of ether oxygens (including phenoxy) is 1. The zero-order valence-electron chi connectivity index (χ0n) is 17.3. The Kier molecular flexibility index (Phi) is 13.6. The average molecular weight is 411 g/mol. The van der Waals surface area contributed by atoms with Crippen LogP contribution in [0.15, 0.2) is 0 Å². The van der Waals surface area contributed by atoms with Crippen LogP contribution in [0.25, 0.3) is 0 Å². The van der Waals surface area contributed by atoms with E-state index in [4.69, 9.17) is 26.9 Å². The van der Waals surface area contributed by atoms with Crippen molar-refractivity contribution in [3.8, 4) is 0 Å². The third-order valence-electron chi connectivity index (χ3n) is 4.10. The molecule has 1 N–H and O–H groups in total. The van der Waals surface area contributed by atoms with Crippen molar-refractivity contribution in [3.63, 3.8) is 0 Å². The lowest BCUT2D eigenvalue weighted by atomic mass is 9.94. The van der Waals surface area contributed by atoms with E-state index >= 15 is 0 Å². The summed E-state index contributed by atoms with van der Waals surface area (Å²) in [6.07, 6.45) is 1.58. The van der Waals surface area contributed by atoms with Gasteiger partial charge in [-0.2, -0.15) is 0 Å². The van der Waals surface area contributed by atoms with Crippen LogP contribution in [0.2, 0.25) is 12.1 Å². The smallest absolute Gasteiger partial charge is 0.465 e. The van der Waals surface area contributed by atoms with Crippen LogP contribution in [-0.4, -0.2) is 79.3 Å². The maximum absolute atomic E-state index is 12.2. The molecule has 0 fully saturated rings. The molecule has 0 saturated heterocycles. The van der Waals surface area contributed by atoms with Crippen LogP contribution in [0.1, 0.15) is 26.7 Å². The highest BCUT2D eigenvalue weighted by Gasteiger charge is 2.37. The van der Waals surface area contributed by atoms with E-state index in [1.165, 1.54) is 0 Å². The molecule has 155 valence electrons. The van der Waals surface area contributed by atoms with Crippen molar-refractivity contribution in [1.29, 1.82) is 0 Å². The van der Waals surface area contributed by atoms with Crippen LogP contribution >= 0.6 is 0 Å². The lowest BCUT2D eigenvalue weighted by Crippen LogP contribution is -2.43. The first-order chi connectivity index (χ1) is 12.3. The van der Waals surface area contributed by atoms with Crippen molar-refractivity contribution in [2.45, 2.75) is 38.8 Å². The quantitative estimate of drug-likeness (QED) is 0.233. The van der Waals surface area contributed by atoms with Gasteiger partial charge in [0.1, 0.15) is 0 Å². The van der Waals surface area contributed by atoms with E-state index in [1.807, 2.05) is 13.8 Å². The van der Waals surface area contributed by atoms with Gasteiger partial charge in [0.25, 0.3) is 0 Å². The van der Waals surface area contributed by atoms with E-state index in [0.717, 1.165) is 31.5 Å². The maximum atomic E-state index is 12.2. The minimum Gasteiger partial charge on any atom is -0.465 e. The average Bonchev–Trinajstić information content (AvgIpc) is 2.65. The second-order valence-corrected chi connectivity index (χ2v) is 11.6. The number of nitrogens with one attached hydrogen (secondary N) is 1. The Balaban J connectivity index is 4.03. The molecule has 26 heavy (non-hydrogen) atoms. The van der Waals surface area contributed by atoms with Gasteiger partial charge >= 0.3 is 24.1 Å². The summed E-state index contributed by atoms with van der Waals surface area (Å²) in [5, 5.41) is 3.30. The minimum atomic E-state index is -2.52. The minimum absolute atomic E-state index is 0.206. The predicted molar refractivity (Wildman–Crippen MR) is 103 cm³/mol. The van der Waals surface area contributed by atoms with Crippen molar-refractivity contribution < 1.29 is 31.7 Å². The molecule has 8 nitrogen and oxygen atoms in total. The van der Waals surface area contributed by atoms with Gasteiger partial charge in [0.05, 0.1) is 12.0 Å². The van der Waals surface area contributed by atoms with Gasteiger partial charge in [-0.1, -0.05) is 0 Å². The predicted octanol–water partition coefficient (Wildman–Crippen LogP) is 1.58. The number of esters is 1. The van der Waals surface area contributed by atoms with Gasteiger partial charge in [-0.25, -0.2) is 0 Å². The van der Waals surface area contributed by atoms with Gasteiger partial charge < -0.3 is 32.2 Å². The lowest BCUT2D eigenvalue weighted by Gasteiger charge is -2.25. The second-order valence-electron chi connectivity index (χ2n) is 6.48. The molecule has 0 aromatic carbocycles. The number of hydrogen-bond acceptors (Lipinski definition) is 8. The fourth-order valence-corrected chi connectivity index (χ4v) is 5.05. The number of rotatable bonds is 16. The number of carbonyl (C=O) groups excluding carboxylic acids is 1. The van der Waals surface area contributed by atoms with E-state index in [9.17, 15) is 4.79 Å². The topological polar surface area (TPSA) is 84.5 Å². The molecule has 10 heteroatoms. The molecule has 0 aliphatic carbocycles. The summed E-state index contributed by atoms with van der Waals surface area (Å²) in [7, 11) is 4.34. The molecular formula is C16H36NO7Si2. The Bertz CT molecular complexity index is 369. The van der Waals surface area contributed by atoms with Crippen LogP contribution < -0.4 is 5.32 Å². The summed E-state index contributed by atoms with van der Waals surface area (Å²) in [6, 6.07) is 1.51. The molecule has 0 aromatic rings. The summed E-state index contributed by atoms with van der Waals surface area (Å²) in [5.41, 5.74) is -0.589. The van der Waals surface area contributed by atoms with Gasteiger partial charge in [0.2, 0.25) is 0 Å². The Morgan fingerprint density at radius 2 is 1.58 bits per heavy atom. The molecule has 0 saturated carbocycles. The van der Waals surface area contributed by atoms with Crippen molar-refractivity contribution in [2.24, 2.45) is 5.41 Å². The van der Waals surface area contributed by atoms with E-state index in [0.29, 0.717) is 13.2 Å². The number of hydrogen-bond donors (Lipinski definition) is 1. The third kappa shape index (κ3) is 9.56. The van der Waals surface area contributed by atoms with E-state index < -0.39 is 23.5 Å². The standard InChI is InChI=1S/C16H36NO7Si2/c1-16(2,15(18)24-11-9-12-25(19-3)20-4)14-17-10-8-13-26(21-5,22-6)23-7/h17H,8-14H2,1-7H3. The molecular weight excluding hydrogens is 374 g/mol. The lowest BCUT2D eigenvalue weighted by molar-refractivity contribution is -0.153. The molecule has 0 rings (SSSR count). The Morgan fingerprint density at radius 3 is 2.08 bits per heavy atom. The number of carbonyl (C=O) groups is 1. The molecule has 0 spiro atoms. The largest absolute Gasteiger partial charge is 0.500 e. The van der Waals surface area contributed by atoms with E-state index in [1.54, 1.807) is 35.5 Å². The zero-order valence-corrected chi connectivity index (χ0v) is 19.3. The SMILES string of the molecule is CO[Si](CCCOC(=O)C(C)(C)CNCCC[Si](OC)(OC)OC)OC. The van der Waals surface area contributed by atoms with E-state index in [-0.39, 0.29) is 5.97 Å². The molecule has 0 unspecified atom stereocenters. The molecule has 0 atom stereocenters. The molecule has 0 bridgehead atoms. The second kappa shape index (κ2) is 13.8. The first-order valence-electron chi connectivity index (χ1n) is 8.78. The fourth-order valence-electron chi connectivity index (χ4n) is 2.32. The molecule has 0 aliphatic rings. The monoisotopic (exact) mass is 410 g/mol. The van der Waals surface area contributed by atoms with Crippen LogP contribution in [0, 0.1) is 5.41 Å². The Morgan fingerprint density at radius 1 is 1.00 bits per heavy atom. The van der Waals surface area contributed by atoms with Crippen LogP contribution in [-0.2, 0) is 31.7 Å². The highest BCUT2D eigenvalue weighted by Crippen LogP contribution is 2.17. The molecule has 1 radical (unpaired) electrons. The summed E-state index contributed by atoms with van der Waals surface area (Å²) in [6.45, 7) is 5.42.